The number of hydrogen-bond donors (Lipinski definition) is 1. The molecule has 2 N–H and O–H groups in total. The van der Waals surface area contributed by atoms with Gasteiger partial charge in [0.2, 0.25) is 5.88 Å². The van der Waals surface area contributed by atoms with Crippen LogP contribution < -0.4 is 5.73 Å². The normalized spacial score (nSPS) is 19.7. The molecule has 2 rings (SSSR count). The summed E-state index contributed by atoms with van der Waals surface area (Å²) in [5.74, 6) is 1.12. The first-order chi connectivity index (χ1) is 5.88. The van der Waals surface area contributed by atoms with E-state index in [2.05, 4.69) is 5.16 Å². The molecule has 1 aromatic heterocycles. The van der Waals surface area contributed by atoms with Gasteiger partial charge in [-0.15, -0.1) is 0 Å². The number of hydrogen-bond acceptors (Lipinski definition) is 3. The average Bonchev–Trinajstić information content (AvgIpc) is 2.53. The molecule has 0 unspecified atom stereocenters. The molecule has 1 saturated carbocycles. The van der Waals surface area contributed by atoms with E-state index < -0.39 is 0 Å². The van der Waals surface area contributed by atoms with E-state index in [-0.39, 0.29) is 0 Å². The molecule has 0 amide bonds. The fourth-order valence-corrected chi connectivity index (χ4v) is 1.98. The Bertz CT molecular complexity index is 251. The molecule has 0 bridgehead atoms. The highest BCUT2D eigenvalue weighted by Gasteiger charge is 2.19. The van der Waals surface area contributed by atoms with E-state index in [0.717, 1.165) is 5.56 Å². The van der Waals surface area contributed by atoms with Crippen LogP contribution in [-0.4, -0.2) is 5.16 Å². The molecule has 12 heavy (non-hydrogen) atoms. The van der Waals surface area contributed by atoms with E-state index in [1.165, 1.54) is 32.1 Å². The lowest BCUT2D eigenvalue weighted by atomic mass is 9.85. The smallest absolute Gasteiger partial charge is 0.225 e. The molecule has 66 valence electrons. The highest BCUT2D eigenvalue weighted by Crippen LogP contribution is 2.34. The molecular formula is C9H14N2O. The summed E-state index contributed by atoms with van der Waals surface area (Å²) in [4.78, 5) is 0. The fourth-order valence-electron chi connectivity index (χ4n) is 1.98. The van der Waals surface area contributed by atoms with Crippen LogP contribution in [0, 0.1) is 0 Å². The minimum Gasteiger partial charge on any atom is -0.367 e. The van der Waals surface area contributed by atoms with Gasteiger partial charge in [-0.2, -0.15) is 0 Å². The van der Waals surface area contributed by atoms with E-state index in [1.54, 1.807) is 6.20 Å². The van der Waals surface area contributed by atoms with Crippen molar-refractivity contribution in [2.45, 2.75) is 38.0 Å². The van der Waals surface area contributed by atoms with Crippen molar-refractivity contribution in [3.8, 4) is 0 Å². The number of nitrogen functional groups attached to an aromatic ring is 1. The summed E-state index contributed by atoms with van der Waals surface area (Å²) in [5, 5.41) is 3.70. The summed E-state index contributed by atoms with van der Waals surface area (Å²) < 4.78 is 4.85. The Hall–Kier alpha value is -0.990. The fraction of sp³-hybridized carbons (Fsp3) is 0.667. The van der Waals surface area contributed by atoms with Crippen molar-refractivity contribution >= 4 is 5.88 Å². The van der Waals surface area contributed by atoms with Crippen LogP contribution in [0.4, 0.5) is 5.88 Å². The number of anilines is 1. The second-order valence-electron chi connectivity index (χ2n) is 3.48. The van der Waals surface area contributed by atoms with Crippen molar-refractivity contribution in [1.82, 2.24) is 5.16 Å². The number of rotatable bonds is 1. The Morgan fingerprint density at radius 3 is 2.67 bits per heavy atom. The quantitative estimate of drug-likeness (QED) is 0.696. The molecule has 0 aliphatic heterocycles. The maximum Gasteiger partial charge on any atom is 0.225 e. The first kappa shape index (κ1) is 7.65. The lowest BCUT2D eigenvalue weighted by Gasteiger charge is -2.19. The third kappa shape index (κ3) is 1.31. The van der Waals surface area contributed by atoms with Gasteiger partial charge in [-0.1, -0.05) is 24.4 Å². The lowest BCUT2D eigenvalue weighted by Crippen LogP contribution is -2.05. The summed E-state index contributed by atoms with van der Waals surface area (Å²) in [6.07, 6.45) is 8.24. The zero-order valence-electron chi connectivity index (χ0n) is 7.12. The van der Waals surface area contributed by atoms with Gasteiger partial charge < -0.3 is 10.3 Å². The Morgan fingerprint density at radius 1 is 1.33 bits per heavy atom. The first-order valence-corrected chi connectivity index (χ1v) is 4.58. The van der Waals surface area contributed by atoms with Gasteiger partial charge in [-0.05, 0) is 18.8 Å². The first-order valence-electron chi connectivity index (χ1n) is 4.58. The third-order valence-electron chi connectivity index (χ3n) is 2.67. The van der Waals surface area contributed by atoms with Crippen LogP contribution in [0.3, 0.4) is 0 Å². The van der Waals surface area contributed by atoms with Crippen LogP contribution in [0.1, 0.15) is 43.6 Å². The van der Waals surface area contributed by atoms with E-state index in [9.17, 15) is 0 Å². The van der Waals surface area contributed by atoms with Gasteiger partial charge in [0.05, 0.1) is 6.20 Å². The second-order valence-corrected chi connectivity index (χ2v) is 3.48. The second kappa shape index (κ2) is 3.17. The van der Waals surface area contributed by atoms with E-state index in [0.29, 0.717) is 11.8 Å². The topological polar surface area (TPSA) is 52.0 Å². The highest BCUT2D eigenvalue weighted by atomic mass is 16.5. The molecule has 0 radical (unpaired) electrons. The minimum atomic E-state index is 0.516. The number of aromatic nitrogens is 1. The predicted octanol–water partition coefficient (Wildman–Crippen LogP) is 2.30. The van der Waals surface area contributed by atoms with Crippen molar-refractivity contribution in [3.63, 3.8) is 0 Å². The molecule has 1 aliphatic rings. The summed E-state index contributed by atoms with van der Waals surface area (Å²) in [6, 6.07) is 0. The van der Waals surface area contributed by atoms with E-state index >= 15 is 0 Å². The molecule has 1 heterocycles. The van der Waals surface area contributed by atoms with Gasteiger partial charge >= 0.3 is 0 Å². The van der Waals surface area contributed by atoms with Crippen LogP contribution in [0.5, 0.6) is 0 Å². The molecule has 0 saturated heterocycles. The average molecular weight is 166 g/mol. The molecule has 3 heteroatoms. The van der Waals surface area contributed by atoms with Gasteiger partial charge in [-0.25, -0.2) is 0 Å². The molecule has 1 aromatic rings. The Kier molecular flexibility index (Phi) is 2.02. The van der Waals surface area contributed by atoms with Crippen LogP contribution in [0.15, 0.2) is 10.7 Å². The maximum absolute atomic E-state index is 5.64. The largest absolute Gasteiger partial charge is 0.367 e. The molecule has 0 atom stereocenters. The number of nitrogens with zero attached hydrogens (tertiary/aromatic N) is 1. The van der Waals surface area contributed by atoms with Gasteiger partial charge in [0, 0.05) is 5.56 Å². The molecule has 1 aliphatic carbocycles. The van der Waals surface area contributed by atoms with Crippen LogP contribution in [0.25, 0.3) is 0 Å². The van der Waals surface area contributed by atoms with Crippen molar-refractivity contribution in [2.75, 3.05) is 5.73 Å². The predicted molar refractivity (Wildman–Crippen MR) is 46.7 cm³/mol. The monoisotopic (exact) mass is 166 g/mol. The van der Waals surface area contributed by atoms with Crippen LogP contribution in [-0.2, 0) is 0 Å². The Labute approximate surface area is 71.9 Å². The van der Waals surface area contributed by atoms with Crippen LogP contribution in [0.2, 0.25) is 0 Å². The van der Waals surface area contributed by atoms with Gasteiger partial charge in [0.25, 0.3) is 0 Å². The van der Waals surface area contributed by atoms with Crippen molar-refractivity contribution in [1.29, 1.82) is 0 Å². The summed E-state index contributed by atoms with van der Waals surface area (Å²) in [7, 11) is 0. The Balaban J connectivity index is 2.13. The molecule has 0 spiro atoms. The molecule has 1 fully saturated rings. The lowest BCUT2D eigenvalue weighted by molar-refractivity contribution is 0.427. The number of nitrogens with two attached hydrogens (primary N) is 1. The van der Waals surface area contributed by atoms with Gasteiger partial charge in [0.15, 0.2) is 0 Å². The SMILES string of the molecule is Nc1oncc1C1CCCCC1. The van der Waals surface area contributed by atoms with E-state index in [4.69, 9.17) is 10.3 Å². The van der Waals surface area contributed by atoms with E-state index in [1.807, 2.05) is 0 Å². The standard InChI is InChI=1S/C9H14N2O/c10-9-8(6-11-12-9)7-4-2-1-3-5-7/h6-7H,1-5,10H2. The zero-order chi connectivity index (χ0) is 8.39. The van der Waals surface area contributed by atoms with Crippen molar-refractivity contribution in [3.05, 3.63) is 11.8 Å². The summed E-state index contributed by atoms with van der Waals surface area (Å²) >= 11 is 0. The maximum atomic E-state index is 5.64. The van der Waals surface area contributed by atoms with Crippen molar-refractivity contribution in [2.24, 2.45) is 0 Å². The van der Waals surface area contributed by atoms with Crippen LogP contribution >= 0.6 is 0 Å². The third-order valence-corrected chi connectivity index (χ3v) is 2.67. The molecule has 3 nitrogen and oxygen atoms in total. The Morgan fingerprint density at radius 2 is 2.08 bits per heavy atom. The minimum absolute atomic E-state index is 0.516. The highest BCUT2D eigenvalue weighted by molar-refractivity contribution is 5.36. The summed E-state index contributed by atoms with van der Waals surface area (Å²) in [6.45, 7) is 0. The molecular weight excluding hydrogens is 152 g/mol. The van der Waals surface area contributed by atoms with Crippen molar-refractivity contribution < 1.29 is 4.52 Å². The van der Waals surface area contributed by atoms with Gasteiger partial charge in [0.1, 0.15) is 0 Å². The zero-order valence-corrected chi connectivity index (χ0v) is 7.12. The summed E-state index contributed by atoms with van der Waals surface area (Å²) in [5.41, 5.74) is 6.76. The molecule has 0 aromatic carbocycles. The van der Waals surface area contributed by atoms with Gasteiger partial charge in [-0.3, -0.25) is 0 Å².